The molecule has 3 heterocycles. The smallest absolute Gasteiger partial charge is 0.164 e. The lowest BCUT2D eigenvalue weighted by Gasteiger charge is -2.10. The third kappa shape index (κ3) is 4.55. The third-order valence-corrected chi connectivity index (χ3v) is 9.25. The first-order chi connectivity index (χ1) is 22.8. The second kappa shape index (κ2) is 10.9. The van der Waals surface area contributed by atoms with Gasteiger partial charge in [-0.15, -0.1) is 11.3 Å². The maximum Gasteiger partial charge on any atom is 0.164 e. The minimum absolute atomic E-state index is 0.585. The van der Waals surface area contributed by atoms with Crippen molar-refractivity contribution in [3.8, 4) is 55.9 Å². The SMILES string of the molecule is c1ccc(-c2cccc(-c3nc(-c4ccccc4)nc(-c4cccc5oc6cccc(-c7nc8ccccc8s7)c6c45)n3)c2)cc1. The van der Waals surface area contributed by atoms with E-state index in [4.69, 9.17) is 24.4 Å². The van der Waals surface area contributed by atoms with Crippen LogP contribution in [0.25, 0.3) is 88.0 Å². The van der Waals surface area contributed by atoms with E-state index in [1.165, 1.54) is 0 Å². The van der Waals surface area contributed by atoms with Crippen LogP contribution in [-0.2, 0) is 0 Å². The number of rotatable bonds is 5. The van der Waals surface area contributed by atoms with E-state index in [0.29, 0.717) is 17.5 Å². The minimum atomic E-state index is 0.585. The zero-order valence-corrected chi connectivity index (χ0v) is 25.3. The number of aromatic nitrogens is 4. The van der Waals surface area contributed by atoms with Gasteiger partial charge >= 0.3 is 0 Å². The van der Waals surface area contributed by atoms with Gasteiger partial charge in [0.15, 0.2) is 17.5 Å². The molecule has 216 valence electrons. The molecule has 0 aliphatic rings. The van der Waals surface area contributed by atoms with Crippen molar-refractivity contribution in [3.05, 3.63) is 146 Å². The number of nitrogens with zero attached hydrogens (tertiary/aromatic N) is 4. The Labute approximate surface area is 268 Å². The van der Waals surface area contributed by atoms with Crippen molar-refractivity contribution in [2.75, 3.05) is 0 Å². The van der Waals surface area contributed by atoms with Gasteiger partial charge in [-0.05, 0) is 41.5 Å². The summed E-state index contributed by atoms with van der Waals surface area (Å²) in [5.41, 5.74) is 8.54. The minimum Gasteiger partial charge on any atom is -0.456 e. The van der Waals surface area contributed by atoms with Crippen molar-refractivity contribution in [3.63, 3.8) is 0 Å². The van der Waals surface area contributed by atoms with Crippen molar-refractivity contribution >= 4 is 43.5 Å². The quantitative estimate of drug-likeness (QED) is 0.194. The Morgan fingerprint density at radius 1 is 0.413 bits per heavy atom. The highest BCUT2D eigenvalue weighted by Gasteiger charge is 2.21. The van der Waals surface area contributed by atoms with Crippen LogP contribution in [0.4, 0.5) is 0 Å². The summed E-state index contributed by atoms with van der Waals surface area (Å²) in [6.07, 6.45) is 0. The molecule has 0 aliphatic carbocycles. The van der Waals surface area contributed by atoms with Crippen molar-refractivity contribution in [2.45, 2.75) is 0 Å². The summed E-state index contributed by atoms with van der Waals surface area (Å²) >= 11 is 1.68. The van der Waals surface area contributed by atoms with E-state index in [2.05, 4.69) is 78.9 Å². The zero-order valence-electron chi connectivity index (χ0n) is 24.5. The molecule has 0 radical (unpaired) electrons. The zero-order chi connectivity index (χ0) is 30.5. The van der Waals surface area contributed by atoms with Gasteiger partial charge in [0.2, 0.25) is 0 Å². The summed E-state index contributed by atoms with van der Waals surface area (Å²) in [5.74, 6) is 1.81. The largest absolute Gasteiger partial charge is 0.456 e. The van der Waals surface area contributed by atoms with Crippen molar-refractivity contribution in [1.29, 1.82) is 0 Å². The number of hydrogen-bond donors (Lipinski definition) is 0. The number of furan rings is 1. The molecule has 9 aromatic rings. The maximum atomic E-state index is 6.45. The van der Waals surface area contributed by atoms with Gasteiger partial charge in [-0.25, -0.2) is 19.9 Å². The summed E-state index contributed by atoms with van der Waals surface area (Å²) in [4.78, 5) is 20.2. The van der Waals surface area contributed by atoms with E-state index < -0.39 is 0 Å². The molecule has 5 nitrogen and oxygen atoms in total. The molecule has 6 heteroatoms. The van der Waals surface area contributed by atoms with E-state index >= 15 is 0 Å². The molecule has 0 amide bonds. The van der Waals surface area contributed by atoms with Gasteiger partial charge in [-0.2, -0.15) is 0 Å². The molecule has 46 heavy (non-hydrogen) atoms. The molecule has 0 unspecified atom stereocenters. The van der Waals surface area contributed by atoms with Gasteiger partial charge in [-0.3, -0.25) is 0 Å². The lowest BCUT2D eigenvalue weighted by atomic mass is 10.0. The van der Waals surface area contributed by atoms with E-state index in [1.807, 2.05) is 66.7 Å². The van der Waals surface area contributed by atoms with Gasteiger partial charge in [0, 0.05) is 33.0 Å². The normalized spacial score (nSPS) is 11.5. The molecule has 0 N–H and O–H groups in total. The number of thiazole rings is 1. The first kappa shape index (κ1) is 26.4. The molecule has 9 rings (SSSR count). The molecular weight excluding hydrogens is 585 g/mol. The second-order valence-corrected chi connectivity index (χ2v) is 12.1. The van der Waals surface area contributed by atoms with Crippen LogP contribution in [0, 0.1) is 0 Å². The van der Waals surface area contributed by atoms with Gasteiger partial charge < -0.3 is 4.42 Å². The van der Waals surface area contributed by atoms with Crippen LogP contribution in [-0.4, -0.2) is 19.9 Å². The Kier molecular flexibility index (Phi) is 6.25. The fourth-order valence-electron chi connectivity index (χ4n) is 6.03. The Hall–Kier alpha value is -5.98. The average Bonchev–Trinajstić information content (AvgIpc) is 3.74. The van der Waals surface area contributed by atoms with Crippen LogP contribution in [0.15, 0.2) is 150 Å². The molecule has 6 aromatic carbocycles. The molecule has 0 bridgehead atoms. The fourth-order valence-corrected chi connectivity index (χ4v) is 7.03. The molecular formula is C40H24N4OS. The van der Waals surface area contributed by atoms with E-state index in [1.54, 1.807) is 11.3 Å². The summed E-state index contributed by atoms with van der Waals surface area (Å²) in [6, 6.07) is 49.3. The highest BCUT2D eigenvalue weighted by Crippen LogP contribution is 2.43. The summed E-state index contributed by atoms with van der Waals surface area (Å²) < 4.78 is 7.60. The molecule has 0 saturated heterocycles. The van der Waals surface area contributed by atoms with Crippen molar-refractivity contribution in [1.82, 2.24) is 19.9 Å². The highest BCUT2D eigenvalue weighted by atomic mass is 32.1. The third-order valence-electron chi connectivity index (χ3n) is 8.18. The van der Waals surface area contributed by atoms with Crippen LogP contribution in [0.5, 0.6) is 0 Å². The van der Waals surface area contributed by atoms with Crippen molar-refractivity contribution < 1.29 is 4.42 Å². The monoisotopic (exact) mass is 608 g/mol. The first-order valence-electron chi connectivity index (χ1n) is 15.1. The van der Waals surface area contributed by atoms with Crippen LogP contribution in [0.3, 0.4) is 0 Å². The lowest BCUT2D eigenvalue weighted by molar-refractivity contribution is 0.669. The molecule has 0 aliphatic heterocycles. The Bertz CT molecular complexity index is 2500. The number of fused-ring (bicyclic) bond motifs is 4. The van der Waals surface area contributed by atoms with Gasteiger partial charge in [-0.1, -0.05) is 115 Å². The number of para-hydroxylation sites is 1. The Morgan fingerprint density at radius 3 is 1.74 bits per heavy atom. The van der Waals surface area contributed by atoms with Gasteiger partial charge in [0.05, 0.1) is 10.2 Å². The van der Waals surface area contributed by atoms with Gasteiger partial charge in [0.25, 0.3) is 0 Å². The van der Waals surface area contributed by atoms with Crippen LogP contribution < -0.4 is 0 Å². The molecule has 3 aromatic heterocycles. The number of benzene rings is 6. The highest BCUT2D eigenvalue weighted by molar-refractivity contribution is 7.21. The molecule has 0 spiro atoms. The topological polar surface area (TPSA) is 64.7 Å². The van der Waals surface area contributed by atoms with Crippen molar-refractivity contribution in [2.24, 2.45) is 0 Å². The first-order valence-corrected chi connectivity index (χ1v) is 15.9. The predicted molar refractivity (Wildman–Crippen MR) is 187 cm³/mol. The van der Waals surface area contributed by atoms with Crippen LogP contribution in [0.1, 0.15) is 0 Å². The van der Waals surface area contributed by atoms with Gasteiger partial charge in [0.1, 0.15) is 16.2 Å². The van der Waals surface area contributed by atoms with Crippen LogP contribution >= 0.6 is 11.3 Å². The number of hydrogen-bond acceptors (Lipinski definition) is 6. The molecule has 0 saturated carbocycles. The fraction of sp³-hybridized carbons (Fsp3) is 0. The summed E-state index contributed by atoms with van der Waals surface area (Å²) in [5, 5.41) is 2.91. The Balaban J connectivity index is 1.29. The van der Waals surface area contributed by atoms with E-state index in [9.17, 15) is 0 Å². The summed E-state index contributed by atoms with van der Waals surface area (Å²) in [6.45, 7) is 0. The van der Waals surface area contributed by atoms with Crippen LogP contribution in [0.2, 0.25) is 0 Å². The standard InChI is InChI=1S/C40H24N4OS/c1-3-12-25(13-4-1)27-16-9-17-28(24-27)38-42-37(26-14-5-2-6-15-26)43-39(44-38)29-18-10-21-32-35(29)36-30(19-11-22-33(36)45-32)40-41-31-20-7-8-23-34(31)46-40/h1-24H. The average molecular weight is 609 g/mol. The predicted octanol–water partition coefficient (Wildman–Crippen LogP) is 10.7. The second-order valence-electron chi connectivity index (χ2n) is 11.1. The van der Waals surface area contributed by atoms with E-state index in [-0.39, 0.29) is 0 Å². The maximum absolute atomic E-state index is 6.45. The van der Waals surface area contributed by atoms with E-state index in [0.717, 1.165) is 70.5 Å². The molecule has 0 fully saturated rings. The Morgan fingerprint density at radius 2 is 0.978 bits per heavy atom. The molecule has 0 atom stereocenters. The lowest BCUT2D eigenvalue weighted by Crippen LogP contribution is -2.00. The summed E-state index contributed by atoms with van der Waals surface area (Å²) in [7, 11) is 0.